The largest absolute Gasteiger partial charge is 0.458 e. The summed E-state index contributed by atoms with van der Waals surface area (Å²) >= 11 is 12.2. The van der Waals surface area contributed by atoms with Crippen molar-refractivity contribution in [3.8, 4) is 5.75 Å². The molecule has 0 N–H and O–H groups in total. The average Bonchev–Trinajstić information content (AvgIpc) is 2.71. The Kier molecular flexibility index (Phi) is 3.74. The Morgan fingerprint density at radius 1 is 1.11 bits per heavy atom. The van der Waals surface area contributed by atoms with Gasteiger partial charge in [-0.15, -0.1) is 0 Å². The molecule has 0 saturated carbocycles. The van der Waals surface area contributed by atoms with Gasteiger partial charge in [0.15, 0.2) is 5.75 Å². The molecule has 0 atom stereocenters. The highest BCUT2D eigenvalue weighted by Crippen LogP contribution is 2.39. The number of halogens is 2. The topological polar surface area (TPSA) is 9.23 Å². The number of ether oxygens (including phenoxy) is 1. The van der Waals surface area contributed by atoms with Crippen LogP contribution in [-0.2, 0) is 0 Å². The molecule has 3 heteroatoms. The molecule has 1 aromatic rings. The minimum atomic E-state index is 0.0517. The molecule has 96 valence electrons. The summed E-state index contributed by atoms with van der Waals surface area (Å²) in [5.41, 5.74) is 1.24. The second kappa shape index (κ2) is 4.99. The van der Waals surface area contributed by atoms with Crippen molar-refractivity contribution < 1.29 is 4.74 Å². The predicted octanol–water partition coefficient (Wildman–Crippen LogP) is 5.63. The third-order valence-corrected chi connectivity index (χ3v) is 3.44. The fraction of sp³-hybridized carbons (Fsp3) is 0.333. The van der Waals surface area contributed by atoms with Crippen LogP contribution in [0.4, 0.5) is 0 Å². The fourth-order valence-corrected chi connectivity index (χ4v) is 2.43. The lowest BCUT2D eigenvalue weighted by Gasteiger charge is -2.22. The minimum absolute atomic E-state index is 0.0517. The maximum atomic E-state index is 6.12. The molecular weight excluding hydrogens is 267 g/mol. The SMILES string of the molecule is CC(C)(C)C1=C(Oc2c(Cl)cccc2Cl)CC=C1. The van der Waals surface area contributed by atoms with E-state index in [1.54, 1.807) is 12.1 Å². The summed E-state index contributed by atoms with van der Waals surface area (Å²) in [6.45, 7) is 6.49. The van der Waals surface area contributed by atoms with Gasteiger partial charge in [-0.05, 0) is 23.1 Å². The average molecular weight is 283 g/mol. The number of para-hydroxylation sites is 1. The van der Waals surface area contributed by atoms with Gasteiger partial charge in [-0.25, -0.2) is 0 Å². The Labute approximate surface area is 118 Å². The number of hydrogen-bond acceptors (Lipinski definition) is 1. The van der Waals surface area contributed by atoms with E-state index >= 15 is 0 Å². The van der Waals surface area contributed by atoms with E-state index in [0.717, 1.165) is 12.2 Å². The van der Waals surface area contributed by atoms with Crippen LogP contribution in [0.3, 0.4) is 0 Å². The Balaban J connectivity index is 2.35. The highest BCUT2D eigenvalue weighted by molar-refractivity contribution is 6.37. The summed E-state index contributed by atoms with van der Waals surface area (Å²) in [4.78, 5) is 0. The van der Waals surface area contributed by atoms with Crippen LogP contribution in [0.2, 0.25) is 10.0 Å². The maximum absolute atomic E-state index is 6.12. The van der Waals surface area contributed by atoms with Gasteiger partial charge in [0.1, 0.15) is 5.76 Å². The molecule has 0 saturated heterocycles. The summed E-state index contributed by atoms with van der Waals surface area (Å²) in [7, 11) is 0. The quantitative estimate of drug-likeness (QED) is 0.683. The van der Waals surface area contributed by atoms with Crippen molar-refractivity contribution in [3.63, 3.8) is 0 Å². The van der Waals surface area contributed by atoms with E-state index in [2.05, 4.69) is 32.9 Å². The summed E-state index contributed by atoms with van der Waals surface area (Å²) in [6, 6.07) is 5.37. The van der Waals surface area contributed by atoms with Crippen LogP contribution in [-0.4, -0.2) is 0 Å². The third-order valence-electron chi connectivity index (χ3n) is 2.84. The van der Waals surface area contributed by atoms with E-state index in [1.807, 2.05) is 6.07 Å². The van der Waals surface area contributed by atoms with E-state index < -0.39 is 0 Å². The van der Waals surface area contributed by atoms with Crippen LogP contribution in [0, 0.1) is 5.41 Å². The number of rotatable bonds is 2. The smallest absolute Gasteiger partial charge is 0.164 e. The number of allylic oxidation sites excluding steroid dienone is 3. The lowest BCUT2D eigenvalue weighted by atomic mass is 9.87. The van der Waals surface area contributed by atoms with Gasteiger partial charge in [-0.1, -0.05) is 62.2 Å². The third kappa shape index (κ3) is 2.73. The molecule has 1 aliphatic carbocycles. The van der Waals surface area contributed by atoms with Crippen LogP contribution in [0.15, 0.2) is 41.7 Å². The van der Waals surface area contributed by atoms with Gasteiger partial charge < -0.3 is 4.74 Å². The molecule has 2 rings (SSSR count). The minimum Gasteiger partial charge on any atom is -0.458 e. The summed E-state index contributed by atoms with van der Waals surface area (Å²) < 4.78 is 5.93. The van der Waals surface area contributed by atoms with E-state index in [0.29, 0.717) is 15.8 Å². The highest BCUT2D eigenvalue weighted by atomic mass is 35.5. The fourth-order valence-electron chi connectivity index (χ4n) is 1.95. The molecule has 0 bridgehead atoms. The molecule has 0 heterocycles. The monoisotopic (exact) mass is 282 g/mol. The van der Waals surface area contributed by atoms with Gasteiger partial charge in [-0.3, -0.25) is 0 Å². The van der Waals surface area contributed by atoms with Gasteiger partial charge in [0, 0.05) is 6.42 Å². The molecule has 1 aliphatic rings. The second-order valence-electron chi connectivity index (χ2n) is 5.35. The Hall–Kier alpha value is -0.920. The zero-order valence-electron chi connectivity index (χ0n) is 10.8. The van der Waals surface area contributed by atoms with Gasteiger partial charge in [0.2, 0.25) is 0 Å². The molecule has 0 unspecified atom stereocenters. The van der Waals surface area contributed by atoms with Crippen molar-refractivity contribution in [2.75, 3.05) is 0 Å². The zero-order valence-corrected chi connectivity index (χ0v) is 12.3. The Morgan fingerprint density at radius 3 is 2.28 bits per heavy atom. The van der Waals surface area contributed by atoms with Gasteiger partial charge >= 0.3 is 0 Å². The van der Waals surface area contributed by atoms with Crippen molar-refractivity contribution in [2.45, 2.75) is 27.2 Å². The van der Waals surface area contributed by atoms with E-state index in [1.165, 1.54) is 5.57 Å². The molecule has 1 aromatic carbocycles. The maximum Gasteiger partial charge on any atom is 0.164 e. The first-order valence-electron chi connectivity index (χ1n) is 5.91. The molecule has 0 fully saturated rings. The van der Waals surface area contributed by atoms with E-state index in [4.69, 9.17) is 27.9 Å². The highest BCUT2D eigenvalue weighted by Gasteiger charge is 2.24. The molecule has 0 aliphatic heterocycles. The van der Waals surface area contributed by atoms with E-state index in [9.17, 15) is 0 Å². The molecule has 0 radical (unpaired) electrons. The van der Waals surface area contributed by atoms with Crippen LogP contribution in [0.25, 0.3) is 0 Å². The first-order chi connectivity index (χ1) is 8.39. The van der Waals surface area contributed by atoms with Crippen molar-refractivity contribution in [2.24, 2.45) is 5.41 Å². The molecule has 0 amide bonds. The normalized spacial score (nSPS) is 15.4. The van der Waals surface area contributed by atoms with Crippen LogP contribution >= 0.6 is 23.2 Å². The number of hydrogen-bond donors (Lipinski definition) is 0. The Bertz CT molecular complexity index is 502. The Morgan fingerprint density at radius 2 is 1.72 bits per heavy atom. The van der Waals surface area contributed by atoms with Crippen molar-refractivity contribution in [3.05, 3.63) is 51.7 Å². The zero-order chi connectivity index (χ0) is 13.3. The van der Waals surface area contributed by atoms with Crippen molar-refractivity contribution in [1.29, 1.82) is 0 Å². The lowest BCUT2D eigenvalue weighted by molar-refractivity contribution is 0.390. The first kappa shape index (κ1) is 13.5. The summed E-state index contributed by atoms with van der Waals surface area (Å²) in [5, 5.41) is 1.07. The summed E-state index contributed by atoms with van der Waals surface area (Å²) in [5.74, 6) is 1.47. The second-order valence-corrected chi connectivity index (χ2v) is 6.16. The predicted molar refractivity (Wildman–Crippen MR) is 77.3 cm³/mol. The lowest BCUT2D eigenvalue weighted by Crippen LogP contribution is -2.11. The van der Waals surface area contributed by atoms with Gasteiger partial charge in [-0.2, -0.15) is 0 Å². The van der Waals surface area contributed by atoms with Crippen LogP contribution < -0.4 is 4.74 Å². The van der Waals surface area contributed by atoms with Crippen molar-refractivity contribution >= 4 is 23.2 Å². The van der Waals surface area contributed by atoms with E-state index in [-0.39, 0.29) is 5.41 Å². The summed E-state index contributed by atoms with van der Waals surface area (Å²) in [6.07, 6.45) is 4.99. The van der Waals surface area contributed by atoms with Gasteiger partial charge in [0.05, 0.1) is 10.0 Å². The number of benzene rings is 1. The molecular formula is C15H16Cl2O. The van der Waals surface area contributed by atoms with Crippen LogP contribution in [0.1, 0.15) is 27.2 Å². The molecule has 0 aromatic heterocycles. The first-order valence-corrected chi connectivity index (χ1v) is 6.67. The molecule has 1 nitrogen and oxygen atoms in total. The van der Waals surface area contributed by atoms with Crippen molar-refractivity contribution in [1.82, 2.24) is 0 Å². The van der Waals surface area contributed by atoms with Gasteiger partial charge in [0.25, 0.3) is 0 Å². The standard InChI is InChI=1S/C15H16Cl2O/c1-15(2,3)10-6-4-9-13(10)18-14-11(16)7-5-8-12(14)17/h4-8H,9H2,1-3H3. The molecule has 18 heavy (non-hydrogen) atoms. The van der Waals surface area contributed by atoms with Crippen LogP contribution in [0.5, 0.6) is 5.75 Å². The molecule has 0 spiro atoms.